The highest BCUT2D eigenvalue weighted by molar-refractivity contribution is 9.09. The normalized spacial score (nSPS) is 21.5. The topological polar surface area (TPSA) is 64.6 Å². The maximum Gasteiger partial charge on any atom is 0.407 e. The minimum absolute atomic E-state index is 0.115. The second kappa shape index (κ2) is 10.8. The molecule has 4 atom stereocenters. The van der Waals surface area contributed by atoms with Crippen LogP contribution in [0.4, 0.5) is 4.79 Å². The van der Waals surface area contributed by atoms with E-state index in [1.807, 2.05) is 44.2 Å². The molecule has 5 nitrogen and oxygen atoms in total. The molecule has 6 heteroatoms. The Morgan fingerprint density at radius 1 is 1.25 bits per heavy atom. The first-order valence-corrected chi connectivity index (χ1v) is 11.2. The van der Waals surface area contributed by atoms with Crippen LogP contribution in [0, 0.1) is 23.7 Å². The Morgan fingerprint density at radius 2 is 1.93 bits per heavy atom. The second-order valence-electron chi connectivity index (χ2n) is 8.27. The molecule has 1 N–H and O–H groups in total. The van der Waals surface area contributed by atoms with Crippen LogP contribution in [0.3, 0.4) is 0 Å². The zero-order valence-electron chi connectivity index (χ0n) is 17.2. The maximum absolute atomic E-state index is 12.4. The Morgan fingerprint density at radius 3 is 2.46 bits per heavy atom. The third-order valence-electron chi connectivity index (χ3n) is 5.52. The Kier molecular flexibility index (Phi) is 8.80. The number of alkyl halides is 1. The molecule has 0 unspecified atom stereocenters. The summed E-state index contributed by atoms with van der Waals surface area (Å²) in [6, 6.07) is 9.30. The van der Waals surface area contributed by atoms with E-state index in [2.05, 4.69) is 35.1 Å². The van der Waals surface area contributed by atoms with Gasteiger partial charge in [-0.1, -0.05) is 74.0 Å². The molecule has 156 valence electrons. The Hall–Kier alpha value is -1.56. The van der Waals surface area contributed by atoms with Gasteiger partial charge in [-0.3, -0.25) is 4.79 Å². The predicted octanol–water partition coefficient (Wildman–Crippen LogP) is 4.93. The van der Waals surface area contributed by atoms with Crippen molar-refractivity contribution in [2.24, 2.45) is 23.7 Å². The first-order chi connectivity index (χ1) is 13.3. The zero-order chi connectivity index (χ0) is 20.7. The molecule has 0 aromatic heterocycles. The van der Waals surface area contributed by atoms with Gasteiger partial charge < -0.3 is 14.8 Å². The van der Waals surface area contributed by atoms with Crippen molar-refractivity contribution in [2.45, 2.75) is 59.3 Å². The molecule has 0 radical (unpaired) electrons. The number of ether oxygens (including phenoxy) is 2. The SMILES string of the molecule is CC(C)[C@@H](CBr)C[C@H](NC(=O)OCc1ccccc1)[C@@H]1C[C@@H](C(C)C)C(=O)O1. The molecule has 0 aliphatic carbocycles. The van der Waals surface area contributed by atoms with E-state index in [9.17, 15) is 9.59 Å². The fourth-order valence-electron chi connectivity index (χ4n) is 3.48. The first-order valence-electron chi connectivity index (χ1n) is 10.1. The number of halogens is 1. The number of alkyl carbamates (subject to hydrolysis) is 1. The number of esters is 1. The highest BCUT2D eigenvalue weighted by Crippen LogP contribution is 2.32. The Labute approximate surface area is 176 Å². The average Bonchev–Trinajstić information content (AvgIpc) is 3.06. The van der Waals surface area contributed by atoms with E-state index in [1.165, 1.54) is 0 Å². The number of nitrogens with one attached hydrogen (secondary N) is 1. The van der Waals surface area contributed by atoms with Gasteiger partial charge in [0.1, 0.15) is 12.7 Å². The quantitative estimate of drug-likeness (QED) is 0.425. The molecule has 1 aliphatic rings. The molecule has 2 rings (SSSR count). The summed E-state index contributed by atoms with van der Waals surface area (Å²) >= 11 is 3.58. The summed E-state index contributed by atoms with van der Waals surface area (Å²) in [6.45, 7) is 8.59. The lowest BCUT2D eigenvalue weighted by atomic mass is 9.86. The van der Waals surface area contributed by atoms with Gasteiger partial charge in [0.25, 0.3) is 0 Å². The van der Waals surface area contributed by atoms with Crippen LogP contribution >= 0.6 is 15.9 Å². The molecule has 1 aromatic carbocycles. The van der Waals surface area contributed by atoms with Gasteiger partial charge in [0.2, 0.25) is 0 Å². The summed E-state index contributed by atoms with van der Waals surface area (Å²) in [4.78, 5) is 24.7. The molecular formula is C22H32BrNO4. The minimum Gasteiger partial charge on any atom is -0.460 e. The van der Waals surface area contributed by atoms with E-state index in [1.54, 1.807) is 0 Å². The van der Waals surface area contributed by atoms with Crippen LogP contribution in [-0.4, -0.2) is 29.5 Å². The number of benzene rings is 1. The van der Waals surface area contributed by atoms with Crippen LogP contribution in [0.2, 0.25) is 0 Å². The summed E-state index contributed by atoms with van der Waals surface area (Å²) in [7, 11) is 0. The number of hydrogen-bond donors (Lipinski definition) is 1. The van der Waals surface area contributed by atoms with E-state index in [0.29, 0.717) is 18.3 Å². The number of cyclic esters (lactones) is 1. The molecule has 1 fully saturated rings. The van der Waals surface area contributed by atoms with Crippen LogP contribution in [-0.2, 0) is 20.9 Å². The van der Waals surface area contributed by atoms with Gasteiger partial charge in [-0.05, 0) is 36.2 Å². The number of hydrogen-bond acceptors (Lipinski definition) is 4. The highest BCUT2D eigenvalue weighted by atomic mass is 79.9. The molecule has 28 heavy (non-hydrogen) atoms. The van der Waals surface area contributed by atoms with Crippen molar-refractivity contribution in [3.8, 4) is 0 Å². The van der Waals surface area contributed by atoms with Gasteiger partial charge in [0, 0.05) is 5.33 Å². The largest absolute Gasteiger partial charge is 0.460 e. The Bertz CT molecular complexity index is 635. The molecule has 1 amide bonds. The zero-order valence-corrected chi connectivity index (χ0v) is 18.8. The number of carbonyl (C=O) groups is 2. The molecule has 0 bridgehead atoms. The van der Waals surface area contributed by atoms with E-state index in [4.69, 9.17) is 9.47 Å². The van der Waals surface area contributed by atoms with Gasteiger partial charge in [0.05, 0.1) is 12.0 Å². The lowest BCUT2D eigenvalue weighted by Gasteiger charge is -2.29. The van der Waals surface area contributed by atoms with E-state index < -0.39 is 6.09 Å². The maximum atomic E-state index is 12.4. The van der Waals surface area contributed by atoms with Crippen LogP contribution in [0.25, 0.3) is 0 Å². The van der Waals surface area contributed by atoms with Crippen molar-refractivity contribution in [1.29, 1.82) is 0 Å². The van der Waals surface area contributed by atoms with Gasteiger partial charge in [-0.25, -0.2) is 4.79 Å². The van der Waals surface area contributed by atoms with Crippen molar-refractivity contribution >= 4 is 28.0 Å². The van der Waals surface area contributed by atoms with Gasteiger partial charge in [-0.15, -0.1) is 0 Å². The summed E-state index contributed by atoms with van der Waals surface area (Å²) in [5.74, 6) is 0.749. The van der Waals surface area contributed by atoms with Crippen LogP contribution in [0.15, 0.2) is 30.3 Å². The van der Waals surface area contributed by atoms with Crippen molar-refractivity contribution in [3.05, 3.63) is 35.9 Å². The van der Waals surface area contributed by atoms with Gasteiger partial charge in [0.15, 0.2) is 0 Å². The van der Waals surface area contributed by atoms with Crippen molar-refractivity contribution in [2.75, 3.05) is 5.33 Å². The summed E-state index contributed by atoms with van der Waals surface area (Å²) in [5.41, 5.74) is 0.932. The monoisotopic (exact) mass is 453 g/mol. The predicted molar refractivity (Wildman–Crippen MR) is 113 cm³/mol. The van der Waals surface area contributed by atoms with E-state index in [-0.39, 0.29) is 36.6 Å². The smallest absolute Gasteiger partial charge is 0.407 e. The molecule has 1 saturated heterocycles. The third-order valence-corrected chi connectivity index (χ3v) is 6.36. The molecule has 0 saturated carbocycles. The minimum atomic E-state index is -0.477. The first kappa shape index (κ1) is 22.7. The third kappa shape index (κ3) is 6.50. The highest BCUT2D eigenvalue weighted by Gasteiger charge is 2.41. The number of carbonyl (C=O) groups excluding carboxylic acids is 2. The van der Waals surface area contributed by atoms with E-state index in [0.717, 1.165) is 17.3 Å². The standard InChI is InChI=1S/C22H32BrNO4/c1-14(2)17(12-23)10-19(20-11-18(15(3)4)21(25)28-20)24-22(26)27-13-16-8-6-5-7-9-16/h5-9,14-15,17-20H,10-13H2,1-4H3,(H,24,26)/t17-,18+,19+,20+/m1/s1. The van der Waals surface area contributed by atoms with E-state index >= 15 is 0 Å². The van der Waals surface area contributed by atoms with Crippen LogP contribution < -0.4 is 5.32 Å². The number of amides is 1. The number of rotatable bonds is 9. The lowest BCUT2D eigenvalue weighted by Crippen LogP contribution is -2.45. The Balaban J connectivity index is 2.03. The van der Waals surface area contributed by atoms with Crippen molar-refractivity contribution in [3.63, 3.8) is 0 Å². The average molecular weight is 454 g/mol. The second-order valence-corrected chi connectivity index (χ2v) is 8.92. The molecule has 0 spiro atoms. The fraction of sp³-hybridized carbons (Fsp3) is 0.636. The van der Waals surface area contributed by atoms with Crippen molar-refractivity contribution in [1.82, 2.24) is 5.32 Å². The fourth-order valence-corrected chi connectivity index (χ4v) is 4.49. The van der Waals surface area contributed by atoms with Gasteiger partial charge >= 0.3 is 12.1 Å². The molecular weight excluding hydrogens is 422 g/mol. The molecule has 1 aromatic rings. The summed E-state index contributed by atoms with van der Waals surface area (Å²) < 4.78 is 11.1. The van der Waals surface area contributed by atoms with Crippen LogP contribution in [0.1, 0.15) is 46.1 Å². The molecule has 1 heterocycles. The van der Waals surface area contributed by atoms with Crippen molar-refractivity contribution < 1.29 is 19.1 Å². The molecule has 1 aliphatic heterocycles. The van der Waals surface area contributed by atoms with Gasteiger partial charge in [-0.2, -0.15) is 0 Å². The summed E-state index contributed by atoms with van der Waals surface area (Å²) in [6.07, 6.45) is 0.568. The lowest BCUT2D eigenvalue weighted by molar-refractivity contribution is -0.146. The summed E-state index contributed by atoms with van der Waals surface area (Å²) in [5, 5.41) is 3.80. The van der Waals surface area contributed by atoms with Crippen LogP contribution in [0.5, 0.6) is 0 Å².